The summed E-state index contributed by atoms with van der Waals surface area (Å²) in [6.07, 6.45) is 59.6. The molecular formula is C55H98O6. The maximum atomic E-state index is 12.8. The summed E-state index contributed by atoms with van der Waals surface area (Å²) in [4.78, 5) is 37.9. The molecule has 0 aliphatic heterocycles. The zero-order valence-electron chi connectivity index (χ0n) is 40.4. The first-order valence-electron chi connectivity index (χ1n) is 26.2. The van der Waals surface area contributed by atoms with Crippen LogP contribution in [0.25, 0.3) is 0 Å². The van der Waals surface area contributed by atoms with Crippen molar-refractivity contribution in [2.75, 3.05) is 13.2 Å². The van der Waals surface area contributed by atoms with Crippen LogP contribution in [-0.2, 0) is 28.6 Å². The molecule has 6 nitrogen and oxygen atoms in total. The van der Waals surface area contributed by atoms with Gasteiger partial charge in [0.25, 0.3) is 0 Å². The van der Waals surface area contributed by atoms with Crippen molar-refractivity contribution in [1.29, 1.82) is 0 Å². The normalized spacial score (nSPS) is 12.4. The first-order chi connectivity index (χ1) is 30.0. The molecule has 0 aliphatic rings. The van der Waals surface area contributed by atoms with E-state index in [1.807, 2.05) is 0 Å². The number of rotatable bonds is 47. The van der Waals surface area contributed by atoms with E-state index in [4.69, 9.17) is 14.2 Å². The summed E-state index contributed by atoms with van der Waals surface area (Å²) in [6, 6.07) is 0. The molecule has 0 aromatic rings. The van der Waals surface area contributed by atoms with Crippen molar-refractivity contribution < 1.29 is 28.6 Å². The SMILES string of the molecule is CCCCCCCCC/C=C\C=C/CCCCCCCC(=O)OCC(COC(=O)CCCCCCCCCCC)OC(=O)CCCCC/C=C\C=C/CCCCCCCCC. The topological polar surface area (TPSA) is 78.9 Å². The summed E-state index contributed by atoms with van der Waals surface area (Å²) in [6.45, 7) is 6.58. The molecule has 0 fully saturated rings. The van der Waals surface area contributed by atoms with E-state index in [0.29, 0.717) is 19.3 Å². The van der Waals surface area contributed by atoms with Gasteiger partial charge in [0.15, 0.2) is 6.10 Å². The van der Waals surface area contributed by atoms with Gasteiger partial charge in [-0.1, -0.05) is 223 Å². The van der Waals surface area contributed by atoms with E-state index in [1.165, 1.54) is 135 Å². The zero-order chi connectivity index (χ0) is 44.4. The monoisotopic (exact) mass is 855 g/mol. The average molecular weight is 855 g/mol. The molecule has 0 aromatic heterocycles. The Balaban J connectivity index is 4.38. The van der Waals surface area contributed by atoms with Gasteiger partial charge in [0.1, 0.15) is 13.2 Å². The number of allylic oxidation sites excluding steroid dienone is 8. The molecule has 0 amide bonds. The second-order valence-corrected chi connectivity index (χ2v) is 17.5. The molecule has 0 saturated heterocycles. The van der Waals surface area contributed by atoms with E-state index in [-0.39, 0.29) is 31.1 Å². The largest absolute Gasteiger partial charge is 0.462 e. The van der Waals surface area contributed by atoms with Crippen molar-refractivity contribution in [1.82, 2.24) is 0 Å². The molecule has 0 aromatic carbocycles. The summed E-state index contributed by atoms with van der Waals surface area (Å²) >= 11 is 0. The maximum absolute atomic E-state index is 12.8. The van der Waals surface area contributed by atoms with E-state index in [0.717, 1.165) is 89.9 Å². The number of hydrogen-bond donors (Lipinski definition) is 0. The number of carbonyl (C=O) groups is 3. The minimum Gasteiger partial charge on any atom is -0.462 e. The highest BCUT2D eigenvalue weighted by atomic mass is 16.6. The Kier molecular flexibility index (Phi) is 47.9. The van der Waals surface area contributed by atoms with E-state index >= 15 is 0 Å². The van der Waals surface area contributed by atoms with Crippen molar-refractivity contribution in [3.63, 3.8) is 0 Å². The van der Waals surface area contributed by atoms with Gasteiger partial charge in [-0.3, -0.25) is 14.4 Å². The second-order valence-electron chi connectivity index (χ2n) is 17.5. The Hall–Kier alpha value is -2.63. The van der Waals surface area contributed by atoms with Crippen LogP contribution in [0, 0.1) is 0 Å². The predicted molar refractivity (Wildman–Crippen MR) is 261 cm³/mol. The van der Waals surface area contributed by atoms with E-state index in [9.17, 15) is 14.4 Å². The third-order valence-electron chi connectivity index (χ3n) is 11.4. The van der Waals surface area contributed by atoms with Crippen LogP contribution in [0.1, 0.15) is 265 Å². The maximum Gasteiger partial charge on any atom is 0.306 e. The summed E-state index contributed by atoms with van der Waals surface area (Å²) in [5.41, 5.74) is 0. The summed E-state index contributed by atoms with van der Waals surface area (Å²) in [7, 11) is 0. The molecule has 0 radical (unpaired) electrons. The number of esters is 3. The highest BCUT2D eigenvalue weighted by molar-refractivity contribution is 5.71. The molecule has 0 bridgehead atoms. The number of unbranched alkanes of at least 4 members (excludes halogenated alkanes) is 30. The third-order valence-corrected chi connectivity index (χ3v) is 11.4. The fourth-order valence-corrected chi connectivity index (χ4v) is 7.37. The molecule has 354 valence electrons. The van der Waals surface area contributed by atoms with Gasteiger partial charge >= 0.3 is 17.9 Å². The van der Waals surface area contributed by atoms with Crippen LogP contribution in [-0.4, -0.2) is 37.2 Å². The molecular weight excluding hydrogens is 757 g/mol. The van der Waals surface area contributed by atoms with E-state index in [2.05, 4.69) is 69.4 Å². The van der Waals surface area contributed by atoms with Gasteiger partial charge < -0.3 is 14.2 Å². The molecule has 0 rings (SSSR count). The van der Waals surface area contributed by atoms with Crippen molar-refractivity contribution in [2.45, 2.75) is 271 Å². The van der Waals surface area contributed by atoms with Crippen LogP contribution in [0.5, 0.6) is 0 Å². The molecule has 0 heterocycles. The standard InChI is InChI=1S/C55H98O6/c1-4-7-10-13-16-19-21-23-25-27-28-30-31-33-36-39-42-45-48-54(57)60-51-52(50-59-53(56)47-44-41-38-35-18-15-12-9-6-3)61-55(58)49-46-43-40-37-34-32-29-26-24-22-20-17-14-11-8-5-2/h25-30,32,34,52H,4-24,31,33,35-51H2,1-3H3/b27-25-,29-26-,30-28-,34-32-. The number of ether oxygens (including phenoxy) is 3. The fourth-order valence-electron chi connectivity index (χ4n) is 7.37. The molecule has 1 atom stereocenters. The Morgan fingerprint density at radius 1 is 0.328 bits per heavy atom. The van der Waals surface area contributed by atoms with E-state index in [1.54, 1.807) is 0 Å². The van der Waals surface area contributed by atoms with Gasteiger partial charge in [0.05, 0.1) is 0 Å². The lowest BCUT2D eigenvalue weighted by molar-refractivity contribution is -0.167. The number of hydrogen-bond acceptors (Lipinski definition) is 6. The highest BCUT2D eigenvalue weighted by Gasteiger charge is 2.19. The van der Waals surface area contributed by atoms with Crippen LogP contribution in [0.4, 0.5) is 0 Å². The quantitative estimate of drug-likeness (QED) is 0.0263. The summed E-state index contributed by atoms with van der Waals surface area (Å²) < 4.78 is 16.7. The molecule has 0 N–H and O–H groups in total. The van der Waals surface area contributed by atoms with Crippen LogP contribution in [0.3, 0.4) is 0 Å². The van der Waals surface area contributed by atoms with E-state index < -0.39 is 6.10 Å². The average Bonchev–Trinajstić information content (AvgIpc) is 3.26. The van der Waals surface area contributed by atoms with Gasteiger partial charge in [-0.05, 0) is 70.6 Å². The third kappa shape index (κ3) is 48.3. The lowest BCUT2D eigenvalue weighted by atomic mass is 10.1. The molecule has 1 unspecified atom stereocenters. The Morgan fingerprint density at radius 2 is 0.574 bits per heavy atom. The molecule has 6 heteroatoms. The lowest BCUT2D eigenvalue weighted by Gasteiger charge is -2.18. The smallest absolute Gasteiger partial charge is 0.306 e. The van der Waals surface area contributed by atoms with Crippen molar-refractivity contribution in [2.24, 2.45) is 0 Å². The molecule has 0 aliphatic carbocycles. The molecule has 0 spiro atoms. The minimum absolute atomic E-state index is 0.0873. The first kappa shape index (κ1) is 58.4. The Bertz CT molecular complexity index is 1070. The number of carbonyl (C=O) groups excluding carboxylic acids is 3. The van der Waals surface area contributed by atoms with Crippen LogP contribution >= 0.6 is 0 Å². The van der Waals surface area contributed by atoms with Crippen LogP contribution < -0.4 is 0 Å². The van der Waals surface area contributed by atoms with Crippen LogP contribution in [0.2, 0.25) is 0 Å². The van der Waals surface area contributed by atoms with Gasteiger partial charge in [0.2, 0.25) is 0 Å². The fraction of sp³-hybridized carbons (Fsp3) is 0.800. The second kappa shape index (κ2) is 50.0. The molecule has 61 heavy (non-hydrogen) atoms. The molecule has 0 saturated carbocycles. The van der Waals surface area contributed by atoms with Gasteiger partial charge in [-0.15, -0.1) is 0 Å². The minimum atomic E-state index is -0.789. The predicted octanol–water partition coefficient (Wildman–Crippen LogP) is 17.1. The van der Waals surface area contributed by atoms with Gasteiger partial charge in [0, 0.05) is 19.3 Å². The van der Waals surface area contributed by atoms with Crippen molar-refractivity contribution >= 4 is 17.9 Å². The highest BCUT2D eigenvalue weighted by Crippen LogP contribution is 2.14. The van der Waals surface area contributed by atoms with Gasteiger partial charge in [-0.25, -0.2) is 0 Å². The Morgan fingerprint density at radius 3 is 0.885 bits per heavy atom. The van der Waals surface area contributed by atoms with Crippen molar-refractivity contribution in [3.8, 4) is 0 Å². The zero-order valence-corrected chi connectivity index (χ0v) is 40.4. The van der Waals surface area contributed by atoms with Crippen molar-refractivity contribution in [3.05, 3.63) is 48.6 Å². The van der Waals surface area contributed by atoms with Crippen LogP contribution in [0.15, 0.2) is 48.6 Å². The lowest BCUT2D eigenvalue weighted by Crippen LogP contribution is -2.30. The first-order valence-corrected chi connectivity index (χ1v) is 26.2. The van der Waals surface area contributed by atoms with Gasteiger partial charge in [-0.2, -0.15) is 0 Å². The Labute approximate surface area is 378 Å². The summed E-state index contributed by atoms with van der Waals surface area (Å²) in [5, 5.41) is 0. The summed E-state index contributed by atoms with van der Waals surface area (Å²) in [5.74, 6) is -0.926.